The van der Waals surface area contributed by atoms with Gasteiger partial charge in [0.25, 0.3) is 5.91 Å². The summed E-state index contributed by atoms with van der Waals surface area (Å²) in [5, 5.41) is 2.70. The Morgan fingerprint density at radius 3 is 2.57 bits per heavy atom. The van der Waals surface area contributed by atoms with E-state index in [2.05, 4.69) is 5.32 Å². The number of carbonyl (C=O) groups excluding carboxylic acids is 1. The van der Waals surface area contributed by atoms with Crippen molar-refractivity contribution in [3.63, 3.8) is 0 Å². The molecule has 0 aromatic heterocycles. The van der Waals surface area contributed by atoms with Crippen molar-refractivity contribution in [2.45, 2.75) is 9.48 Å². The summed E-state index contributed by atoms with van der Waals surface area (Å²) < 4.78 is 46.8. The van der Waals surface area contributed by atoms with Gasteiger partial charge in [0, 0.05) is 30.3 Å². The SMILES string of the molecule is O=C(Nc1cccc(C2SCCS2)c1)c1cc(S(=O)(=O)N2CCOCC2)ccc1F. The molecule has 30 heavy (non-hydrogen) atoms. The fourth-order valence-electron chi connectivity index (χ4n) is 3.29. The molecule has 2 aliphatic rings. The molecule has 2 heterocycles. The molecule has 2 saturated heterocycles. The van der Waals surface area contributed by atoms with E-state index < -0.39 is 21.7 Å². The van der Waals surface area contributed by atoms with Gasteiger partial charge in [0.1, 0.15) is 5.82 Å². The lowest BCUT2D eigenvalue weighted by atomic mass is 10.1. The fraction of sp³-hybridized carbons (Fsp3) is 0.350. The summed E-state index contributed by atoms with van der Waals surface area (Å²) in [6.45, 7) is 1.07. The Balaban J connectivity index is 1.56. The van der Waals surface area contributed by atoms with Crippen LogP contribution in [0.5, 0.6) is 0 Å². The number of hydrogen-bond acceptors (Lipinski definition) is 6. The predicted molar refractivity (Wildman–Crippen MR) is 118 cm³/mol. The van der Waals surface area contributed by atoms with Crippen LogP contribution in [-0.4, -0.2) is 56.4 Å². The molecule has 0 bridgehead atoms. The number of rotatable bonds is 5. The highest BCUT2D eigenvalue weighted by atomic mass is 32.2. The first-order chi connectivity index (χ1) is 14.4. The third-order valence-electron chi connectivity index (χ3n) is 4.83. The van der Waals surface area contributed by atoms with Crippen LogP contribution in [0.3, 0.4) is 0 Å². The molecule has 0 spiro atoms. The normalized spacial score (nSPS) is 18.4. The van der Waals surface area contributed by atoms with Crippen molar-refractivity contribution in [2.75, 3.05) is 43.1 Å². The van der Waals surface area contributed by atoms with Crippen LogP contribution in [-0.2, 0) is 14.8 Å². The smallest absolute Gasteiger partial charge is 0.258 e. The van der Waals surface area contributed by atoms with Crippen molar-refractivity contribution >= 4 is 45.1 Å². The van der Waals surface area contributed by atoms with Gasteiger partial charge in [-0.2, -0.15) is 4.31 Å². The van der Waals surface area contributed by atoms with Gasteiger partial charge in [0.15, 0.2) is 0 Å². The lowest BCUT2D eigenvalue weighted by Crippen LogP contribution is -2.40. The average Bonchev–Trinajstić information content (AvgIpc) is 3.30. The summed E-state index contributed by atoms with van der Waals surface area (Å²) in [7, 11) is -3.82. The molecule has 160 valence electrons. The van der Waals surface area contributed by atoms with Crippen LogP contribution in [0.25, 0.3) is 0 Å². The number of hydrogen-bond donors (Lipinski definition) is 1. The standard InChI is InChI=1S/C20H21FN2O4S3/c21-18-5-4-16(30(25,26)23-6-8-27-9-7-23)13-17(18)19(24)22-15-3-1-2-14(12-15)20-28-10-11-29-20/h1-5,12-13,20H,6-11H2,(H,22,24). The zero-order valence-corrected chi connectivity index (χ0v) is 18.5. The van der Waals surface area contributed by atoms with E-state index in [1.54, 1.807) is 6.07 Å². The summed E-state index contributed by atoms with van der Waals surface area (Å²) in [6, 6.07) is 10.8. The molecule has 4 rings (SSSR count). The van der Waals surface area contributed by atoms with Gasteiger partial charge in [0.2, 0.25) is 10.0 Å². The van der Waals surface area contributed by atoms with E-state index in [-0.39, 0.29) is 23.5 Å². The van der Waals surface area contributed by atoms with Crippen molar-refractivity contribution in [1.29, 1.82) is 0 Å². The highest BCUT2D eigenvalue weighted by molar-refractivity contribution is 8.19. The quantitative estimate of drug-likeness (QED) is 0.723. The topological polar surface area (TPSA) is 75.7 Å². The van der Waals surface area contributed by atoms with Crippen LogP contribution in [0, 0.1) is 5.82 Å². The Kier molecular flexibility index (Phi) is 6.69. The Hall–Kier alpha value is -1.59. The largest absolute Gasteiger partial charge is 0.379 e. The molecule has 0 saturated carbocycles. The number of thioether (sulfide) groups is 2. The van der Waals surface area contributed by atoms with E-state index in [9.17, 15) is 17.6 Å². The van der Waals surface area contributed by atoms with Crippen molar-refractivity contribution in [2.24, 2.45) is 0 Å². The molecule has 1 N–H and O–H groups in total. The van der Waals surface area contributed by atoms with Gasteiger partial charge in [-0.3, -0.25) is 4.79 Å². The maximum Gasteiger partial charge on any atom is 0.258 e. The molecule has 0 aliphatic carbocycles. The van der Waals surface area contributed by atoms with E-state index in [4.69, 9.17) is 4.74 Å². The average molecular weight is 469 g/mol. The zero-order valence-electron chi connectivity index (χ0n) is 16.0. The third-order valence-corrected chi connectivity index (χ3v) is 9.83. The number of morpholine rings is 1. The first-order valence-electron chi connectivity index (χ1n) is 9.47. The predicted octanol–water partition coefficient (Wildman–Crippen LogP) is 3.58. The van der Waals surface area contributed by atoms with E-state index in [0.29, 0.717) is 23.5 Å². The minimum absolute atomic E-state index is 0.108. The molecule has 2 aliphatic heterocycles. The molecule has 2 fully saturated rings. The van der Waals surface area contributed by atoms with Gasteiger partial charge in [-0.25, -0.2) is 12.8 Å². The number of ether oxygens (including phenoxy) is 1. The van der Waals surface area contributed by atoms with Crippen LogP contribution in [0.1, 0.15) is 20.5 Å². The maximum atomic E-state index is 14.4. The van der Waals surface area contributed by atoms with E-state index in [1.165, 1.54) is 10.4 Å². The first-order valence-corrected chi connectivity index (χ1v) is 13.0. The molecular formula is C20H21FN2O4S3. The highest BCUT2D eigenvalue weighted by Crippen LogP contribution is 2.45. The highest BCUT2D eigenvalue weighted by Gasteiger charge is 2.28. The van der Waals surface area contributed by atoms with Crippen LogP contribution in [0.2, 0.25) is 0 Å². The van der Waals surface area contributed by atoms with E-state index in [0.717, 1.165) is 29.2 Å². The maximum absolute atomic E-state index is 14.4. The minimum atomic E-state index is -3.82. The Labute approximate surface area is 183 Å². The minimum Gasteiger partial charge on any atom is -0.379 e. The number of nitrogens with one attached hydrogen (secondary N) is 1. The number of benzene rings is 2. The second kappa shape index (κ2) is 9.27. The van der Waals surface area contributed by atoms with Crippen LogP contribution in [0.4, 0.5) is 10.1 Å². The lowest BCUT2D eigenvalue weighted by molar-refractivity contribution is 0.0730. The van der Waals surface area contributed by atoms with Crippen LogP contribution >= 0.6 is 23.5 Å². The molecular weight excluding hydrogens is 447 g/mol. The number of amides is 1. The molecule has 1 amide bonds. The second-order valence-electron chi connectivity index (χ2n) is 6.81. The fourth-order valence-corrected chi connectivity index (χ4v) is 7.56. The Morgan fingerprint density at radius 1 is 1.10 bits per heavy atom. The second-order valence-corrected chi connectivity index (χ2v) is 11.5. The molecule has 0 radical (unpaired) electrons. The molecule has 6 nitrogen and oxygen atoms in total. The summed E-state index contributed by atoms with van der Waals surface area (Å²) >= 11 is 3.70. The zero-order chi connectivity index (χ0) is 21.1. The Morgan fingerprint density at radius 2 is 1.83 bits per heavy atom. The third kappa shape index (κ3) is 4.67. The van der Waals surface area contributed by atoms with Gasteiger partial charge in [-0.05, 0) is 35.9 Å². The number of anilines is 1. The van der Waals surface area contributed by atoms with Crippen molar-refractivity contribution in [3.8, 4) is 0 Å². The van der Waals surface area contributed by atoms with Crippen molar-refractivity contribution in [3.05, 3.63) is 59.4 Å². The summed E-state index contributed by atoms with van der Waals surface area (Å²) in [5.74, 6) is 0.713. The molecule has 0 atom stereocenters. The number of halogens is 1. The monoisotopic (exact) mass is 468 g/mol. The van der Waals surface area contributed by atoms with E-state index >= 15 is 0 Å². The van der Waals surface area contributed by atoms with Gasteiger partial charge in [-0.1, -0.05) is 12.1 Å². The van der Waals surface area contributed by atoms with Crippen molar-refractivity contribution in [1.82, 2.24) is 4.31 Å². The van der Waals surface area contributed by atoms with E-state index in [1.807, 2.05) is 41.7 Å². The van der Waals surface area contributed by atoms with Crippen LogP contribution in [0.15, 0.2) is 47.4 Å². The summed E-state index contributed by atoms with van der Waals surface area (Å²) in [5.41, 5.74) is 1.33. The van der Waals surface area contributed by atoms with Gasteiger partial charge in [0.05, 0.1) is 28.3 Å². The van der Waals surface area contributed by atoms with Gasteiger partial charge >= 0.3 is 0 Å². The van der Waals surface area contributed by atoms with Gasteiger partial charge < -0.3 is 10.1 Å². The molecule has 2 aromatic rings. The lowest BCUT2D eigenvalue weighted by Gasteiger charge is -2.26. The Bertz CT molecular complexity index is 1040. The summed E-state index contributed by atoms with van der Waals surface area (Å²) in [4.78, 5) is 12.6. The number of nitrogens with zero attached hydrogens (tertiary/aromatic N) is 1. The first kappa shape index (κ1) is 21.6. The molecule has 0 unspecified atom stereocenters. The number of carbonyl (C=O) groups is 1. The number of sulfonamides is 1. The molecule has 10 heteroatoms. The summed E-state index contributed by atoms with van der Waals surface area (Å²) in [6.07, 6.45) is 0. The van der Waals surface area contributed by atoms with Gasteiger partial charge in [-0.15, -0.1) is 23.5 Å². The molecule has 2 aromatic carbocycles. The van der Waals surface area contributed by atoms with Crippen molar-refractivity contribution < 1.29 is 22.3 Å². The van der Waals surface area contributed by atoms with Crippen LogP contribution < -0.4 is 5.32 Å².